The van der Waals surface area contributed by atoms with E-state index >= 15 is 0 Å². The second-order valence-corrected chi connectivity index (χ2v) is 18.9. The summed E-state index contributed by atoms with van der Waals surface area (Å²) in [6.07, 6.45) is 64.5. The number of aliphatic hydroxyl groups excluding tert-OH is 2. The van der Waals surface area contributed by atoms with Crippen molar-refractivity contribution in [1.29, 1.82) is 0 Å². The summed E-state index contributed by atoms with van der Waals surface area (Å²) in [5, 5.41) is 23.1. The average Bonchev–Trinajstić information content (AvgIpc) is 3.28. The van der Waals surface area contributed by atoms with Crippen LogP contribution in [0.5, 0.6) is 0 Å². The number of allylic oxidation sites excluding steroid dienone is 5. The first-order valence-corrected chi connectivity index (χ1v) is 27.8. The van der Waals surface area contributed by atoms with Gasteiger partial charge in [-0.1, -0.05) is 237 Å². The standard InChI is InChI=1S/C57H107NO5/c1-3-5-7-9-11-13-15-17-19-20-21-22-23-24-25-26-27-28-30-33-37-41-45-49-55(60)54(53-59)58-56(61)50-46-42-38-34-32-36-40-44-48-52-63-57(62)51-47-43-39-35-31-29-18-16-14-12-10-8-6-4-2/h16,18,34,38,45,49,54-55,59-60H,3-15,17,19-33,35-37,39-44,46-48,50-53H2,1-2H3,(H,58,61)/b18-16-,38-34-,49-45+. The highest BCUT2D eigenvalue weighted by Crippen LogP contribution is 2.16. The summed E-state index contributed by atoms with van der Waals surface area (Å²) in [6, 6.07) is -0.667. The van der Waals surface area contributed by atoms with Crippen molar-refractivity contribution < 1.29 is 24.5 Å². The molecule has 0 radical (unpaired) electrons. The van der Waals surface area contributed by atoms with Crippen LogP contribution in [0.15, 0.2) is 36.5 Å². The topological polar surface area (TPSA) is 95.9 Å². The molecule has 0 aromatic carbocycles. The molecule has 6 nitrogen and oxygen atoms in total. The van der Waals surface area contributed by atoms with Crippen LogP contribution >= 0.6 is 0 Å². The van der Waals surface area contributed by atoms with Crippen LogP contribution in [0.4, 0.5) is 0 Å². The Morgan fingerprint density at radius 1 is 0.429 bits per heavy atom. The lowest BCUT2D eigenvalue weighted by Crippen LogP contribution is -2.45. The quantitative estimate of drug-likeness (QED) is 0.0321. The van der Waals surface area contributed by atoms with E-state index < -0.39 is 12.1 Å². The average molecular weight is 886 g/mol. The molecule has 6 heteroatoms. The maximum atomic E-state index is 12.4. The molecule has 0 aromatic heterocycles. The molecule has 0 aromatic rings. The minimum absolute atomic E-state index is 0.0464. The first-order valence-electron chi connectivity index (χ1n) is 27.8. The van der Waals surface area contributed by atoms with Gasteiger partial charge in [-0.15, -0.1) is 0 Å². The number of hydrogen-bond donors (Lipinski definition) is 3. The Morgan fingerprint density at radius 3 is 1.16 bits per heavy atom. The summed E-state index contributed by atoms with van der Waals surface area (Å²) in [5.41, 5.74) is 0. The van der Waals surface area contributed by atoms with Gasteiger partial charge in [-0.25, -0.2) is 0 Å². The first kappa shape index (κ1) is 61.1. The highest BCUT2D eigenvalue weighted by Gasteiger charge is 2.18. The van der Waals surface area contributed by atoms with Gasteiger partial charge in [-0.3, -0.25) is 9.59 Å². The van der Waals surface area contributed by atoms with Gasteiger partial charge in [0.25, 0.3) is 0 Å². The van der Waals surface area contributed by atoms with Crippen LogP contribution in [0.3, 0.4) is 0 Å². The van der Waals surface area contributed by atoms with Crippen LogP contribution in [0, 0.1) is 0 Å². The molecule has 63 heavy (non-hydrogen) atoms. The molecule has 0 fully saturated rings. The Morgan fingerprint density at radius 2 is 0.762 bits per heavy atom. The van der Waals surface area contributed by atoms with Gasteiger partial charge in [0.1, 0.15) is 0 Å². The normalized spacial score (nSPS) is 12.9. The second kappa shape index (κ2) is 52.7. The number of amides is 1. The number of hydrogen-bond acceptors (Lipinski definition) is 5. The molecule has 0 aliphatic rings. The van der Waals surface area contributed by atoms with Crippen molar-refractivity contribution in [3.8, 4) is 0 Å². The maximum absolute atomic E-state index is 12.4. The third kappa shape index (κ3) is 49.4. The largest absolute Gasteiger partial charge is 0.466 e. The van der Waals surface area contributed by atoms with Crippen LogP contribution in [0.25, 0.3) is 0 Å². The van der Waals surface area contributed by atoms with E-state index in [0.717, 1.165) is 70.6 Å². The zero-order valence-corrected chi connectivity index (χ0v) is 42.1. The predicted octanol–water partition coefficient (Wildman–Crippen LogP) is 16.9. The third-order valence-corrected chi connectivity index (χ3v) is 12.6. The highest BCUT2D eigenvalue weighted by molar-refractivity contribution is 5.76. The zero-order valence-electron chi connectivity index (χ0n) is 42.1. The molecule has 0 aliphatic heterocycles. The van der Waals surface area contributed by atoms with Crippen LogP contribution < -0.4 is 5.32 Å². The lowest BCUT2D eigenvalue weighted by Gasteiger charge is -2.19. The number of rotatable bonds is 51. The third-order valence-electron chi connectivity index (χ3n) is 12.6. The highest BCUT2D eigenvalue weighted by atomic mass is 16.5. The molecule has 1 amide bonds. The van der Waals surface area contributed by atoms with Crippen molar-refractivity contribution in [2.24, 2.45) is 0 Å². The molecule has 0 spiro atoms. The molecule has 3 N–H and O–H groups in total. The van der Waals surface area contributed by atoms with Crippen LogP contribution in [0.2, 0.25) is 0 Å². The predicted molar refractivity (Wildman–Crippen MR) is 273 cm³/mol. The second-order valence-electron chi connectivity index (χ2n) is 18.9. The minimum Gasteiger partial charge on any atom is -0.466 e. The van der Waals surface area contributed by atoms with Gasteiger partial charge >= 0.3 is 5.97 Å². The molecular weight excluding hydrogens is 779 g/mol. The van der Waals surface area contributed by atoms with E-state index in [-0.39, 0.29) is 18.5 Å². The SMILES string of the molecule is CCCCCCC/C=C\CCCCCCCC(=O)OCCCCCC/C=C\CCCC(=O)NC(CO)C(O)/C=C/CCCCCCCCCCCCCCCCCCCCCCC. The molecule has 0 saturated heterocycles. The van der Waals surface area contributed by atoms with Crippen LogP contribution in [0.1, 0.15) is 290 Å². The van der Waals surface area contributed by atoms with E-state index in [1.165, 1.54) is 193 Å². The van der Waals surface area contributed by atoms with Gasteiger partial charge in [0, 0.05) is 12.8 Å². The molecule has 0 rings (SSSR count). The van der Waals surface area contributed by atoms with E-state index in [2.05, 4.69) is 43.5 Å². The molecule has 2 atom stereocenters. The Kier molecular flexibility index (Phi) is 51.1. The molecular formula is C57H107NO5. The molecule has 0 heterocycles. The Labute approximate surface area is 392 Å². The van der Waals surface area contributed by atoms with E-state index in [0.29, 0.717) is 19.4 Å². The Balaban J connectivity index is 3.57. The van der Waals surface area contributed by atoms with Crippen LogP contribution in [-0.4, -0.2) is 47.4 Å². The van der Waals surface area contributed by atoms with E-state index in [1.807, 2.05) is 6.08 Å². The Bertz CT molecular complexity index is 1020. The van der Waals surface area contributed by atoms with Gasteiger partial charge in [0.15, 0.2) is 0 Å². The summed E-state index contributed by atoms with van der Waals surface area (Å²) in [6.45, 7) is 4.81. The smallest absolute Gasteiger partial charge is 0.305 e. The fourth-order valence-electron chi connectivity index (χ4n) is 8.34. The summed E-state index contributed by atoms with van der Waals surface area (Å²) in [4.78, 5) is 24.5. The van der Waals surface area contributed by atoms with E-state index in [9.17, 15) is 19.8 Å². The van der Waals surface area contributed by atoms with Gasteiger partial charge < -0.3 is 20.3 Å². The number of nitrogens with one attached hydrogen (secondary N) is 1. The fourth-order valence-corrected chi connectivity index (χ4v) is 8.34. The lowest BCUT2D eigenvalue weighted by atomic mass is 10.0. The fraction of sp³-hybridized carbons (Fsp3) is 0.860. The monoisotopic (exact) mass is 886 g/mol. The number of carbonyl (C=O) groups excluding carboxylic acids is 2. The molecule has 0 bridgehead atoms. The van der Waals surface area contributed by atoms with Gasteiger partial charge in [0.05, 0.1) is 25.4 Å². The van der Waals surface area contributed by atoms with Gasteiger partial charge in [-0.05, 0) is 77.0 Å². The van der Waals surface area contributed by atoms with Crippen molar-refractivity contribution >= 4 is 11.9 Å². The van der Waals surface area contributed by atoms with Crippen molar-refractivity contribution in [1.82, 2.24) is 5.32 Å². The van der Waals surface area contributed by atoms with Crippen molar-refractivity contribution in [3.05, 3.63) is 36.5 Å². The van der Waals surface area contributed by atoms with Gasteiger partial charge in [-0.2, -0.15) is 0 Å². The zero-order chi connectivity index (χ0) is 45.8. The maximum Gasteiger partial charge on any atom is 0.305 e. The molecule has 2 unspecified atom stereocenters. The Hall–Kier alpha value is -1.92. The molecule has 0 aliphatic carbocycles. The summed E-state index contributed by atoms with van der Waals surface area (Å²) >= 11 is 0. The van der Waals surface area contributed by atoms with Crippen LogP contribution in [-0.2, 0) is 14.3 Å². The summed E-state index contributed by atoms with van der Waals surface area (Å²) < 4.78 is 5.43. The van der Waals surface area contributed by atoms with E-state index in [4.69, 9.17) is 4.74 Å². The number of aliphatic hydroxyl groups is 2. The first-order chi connectivity index (χ1) is 31.0. The summed E-state index contributed by atoms with van der Waals surface area (Å²) in [7, 11) is 0. The number of carbonyl (C=O) groups is 2. The number of unbranched alkanes of at least 4 members (excludes halogenated alkanes) is 36. The molecule has 0 saturated carbocycles. The number of ether oxygens (including phenoxy) is 1. The minimum atomic E-state index is -0.877. The van der Waals surface area contributed by atoms with Crippen molar-refractivity contribution in [2.45, 2.75) is 302 Å². The van der Waals surface area contributed by atoms with Gasteiger partial charge in [0.2, 0.25) is 5.91 Å². The summed E-state index contributed by atoms with van der Waals surface area (Å²) in [5.74, 6) is -0.174. The lowest BCUT2D eigenvalue weighted by molar-refractivity contribution is -0.143. The van der Waals surface area contributed by atoms with Crippen molar-refractivity contribution in [3.63, 3.8) is 0 Å². The number of esters is 1. The molecule has 370 valence electrons. The van der Waals surface area contributed by atoms with E-state index in [1.54, 1.807) is 6.08 Å². The van der Waals surface area contributed by atoms with Crippen molar-refractivity contribution in [2.75, 3.05) is 13.2 Å².